The lowest BCUT2D eigenvalue weighted by atomic mass is 9.97. The summed E-state index contributed by atoms with van der Waals surface area (Å²) in [7, 11) is 0. The van der Waals surface area contributed by atoms with E-state index in [-0.39, 0.29) is 5.91 Å². The van der Waals surface area contributed by atoms with Crippen LogP contribution in [0.4, 0.5) is 5.00 Å². The molecule has 1 aliphatic heterocycles. The molecule has 0 unspecified atom stereocenters. The van der Waals surface area contributed by atoms with Gasteiger partial charge in [-0.1, -0.05) is 42.1 Å². The number of fused-ring (bicyclic) bond motifs is 1. The van der Waals surface area contributed by atoms with Crippen molar-refractivity contribution in [1.29, 1.82) is 5.26 Å². The Morgan fingerprint density at radius 1 is 1.03 bits per heavy atom. The molecule has 0 bridgehead atoms. The number of carbonyl (C=O) groups excluding carboxylic acids is 1. The predicted octanol–water partition coefficient (Wildman–Crippen LogP) is 5.34. The molecule has 8 heteroatoms. The normalized spacial score (nSPS) is 17.8. The molecule has 170 valence electrons. The van der Waals surface area contributed by atoms with E-state index < -0.39 is 0 Å². The van der Waals surface area contributed by atoms with Gasteiger partial charge >= 0.3 is 0 Å². The lowest BCUT2D eigenvalue weighted by molar-refractivity contribution is -0.117. The molecule has 1 aromatic heterocycles. The summed E-state index contributed by atoms with van der Waals surface area (Å²) < 4.78 is 0. The highest BCUT2D eigenvalue weighted by molar-refractivity contribution is 7.16. The van der Waals surface area contributed by atoms with Gasteiger partial charge in [-0.3, -0.25) is 14.6 Å². The van der Waals surface area contributed by atoms with Crippen molar-refractivity contribution in [1.82, 2.24) is 9.80 Å². The van der Waals surface area contributed by atoms with Gasteiger partial charge in [0.15, 0.2) is 0 Å². The number of aryl methyl sites for hydroxylation is 1. The van der Waals surface area contributed by atoms with E-state index in [4.69, 9.17) is 23.2 Å². The van der Waals surface area contributed by atoms with Gasteiger partial charge in [-0.05, 0) is 43.4 Å². The predicted molar refractivity (Wildman–Crippen MR) is 132 cm³/mol. The first-order valence-electron chi connectivity index (χ1n) is 11.3. The molecule has 1 fully saturated rings. The van der Waals surface area contributed by atoms with E-state index in [1.165, 1.54) is 23.3 Å². The Balaban J connectivity index is 1.31. The Labute approximate surface area is 203 Å². The van der Waals surface area contributed by atoms with E-state index in [1.807, 2.05) is 18.2 Å². The van der Waals surface area contributed by atoms with Crippen LogP contribution >= 0.6 is 34.5 Å². The molecule has 1 N–H and O–H groups in total. The van der Waals surface area contributed by atoms with Crippen molar-refractivity contribution >= 4 is 45.4 Å². The summed E-state index contributed by atoms with van der Waals surface area (Å²) in [6.45, 7) is 4.37. The van der Waals surface area contributed by atoms with Crippen LogP contribution in [0.25, 0.3) is 0 Å². The minimum absolute atomic E-state index is 0.0432. The summed E-state index contributed by atoms with van der Waals surface area (Å²) in [4.78, 5) is 18.5. The lowest BCUT2D eigenvalue weighted by Gasteiger charge is -2.34. The van der Waals surface area contributed by atoms with Crippen LogP contribution in [0, 0.1) is 11.3 Å². The number of amides is 1. The number of anilines is 1. The third-order valence-corrected chi connectivity index (χ3v) is 8.23. The van der Waals surface area contributed by atoms with Crippen molar-refractivity contribution in [3.8, 4) is 6.07 Å². The summed E-state index contributed by atoms with van der Waals surface area (Å²) in [5.41, 5.74) is 2.81. The fourth-order valence-corrected chi connectivity index (χ4v) is 6.28. The molecule has 1 aliphatic carbocycles. The zero-order valence-corrected chi connectivity index (χ0v) is 20.5. The molecule has 0 spiro atoms. The number of thiophene rings is 1. The first kappa shape index (κ1) is 23.5. The van der Waals surface area contributed by atoms with E-state index in [0.29, 0.717) is 28.7 Å². The number of nitrogens with zero attached hydrogens (tertiary/aromatic N) is 3. The second kappa shape index (κ2) is 11.0. The average molecular weight is 491 g/mol. The van der Waals surface area contributed by atoms with Crippen LogP contribution in [0.5, 0.6) is 0 Å². The summed E-state index contributed by atoms with van der Waals surface area (Å²) in [6, 6.07) is 7.94. The quantitative estimate of drug-likeness (QED) is 0.613. The van der Waals surface area contributed by atoms with Crippen LogP contribution in [-0.2, 0) is 24.2 Å². The number of benzene rings is 1. The number of halogens is 2. The number of rotatable bonds is 5. The molecular weight excluding hydrogens is 463 g/mol. The van der Waals surface area contributed by atoms with Crippen molar-refractivity contribution in [2.75, 3.05) is 38.0 Å². The molecule has 2 heterocycles. The maximum absolute atomic E-state index is 12.8. The second-order valence-corrected chi connectivity index (χ2v) is 10.5. The first-order valence-corrected chi connectivity index (χ1v) is 12.8. The van der Waals surface area contributed by atoms with Crippen molar-refractivity contribution in [2.24, 2.45) is 0 Å². The van der Waals surface area contributed by atoms with E-state index in [9.17, 15) is 10.1 Å². The molecule has 32 heavy (non-hydrogen) atoms. The largest absolute Gasteiger partial charge is 0.315 e. The number of carbonyl (C=O) groups is 1. The molecule has 0 saturated carbocycles. The molecular formula is C24H28Cl2N4OS. The highest BCUT2D eigenvalue weighted by Gasteiger charge is 2.23. The van der Waals surface area contributed by atoms with Crippen LogP contribution in [0.2, 0.25) is 10.0 Å². The molecule has 0 radical (unpaired) electrons. The highest BCUT2D eigenvalue weighted by Crippen LogP contribution is 2.36. The maximum atomic E-state index is 12.8. The highest BCUT2D eigenvalue weighted by atomic mass is 35.5. The number of nitrogens with one attached hydrogen (secondary N) is 1. The van der Waals surface area contributed by atoms with E-state index >= 15 is 0 Å². The molecule has 1 amide bonds. The number of hydrogen-bond donors (Lipinski definition) is 1. The van der Waals surface area contributed by atoms with Gasteiger partial charge in [-0.2, -0.15) is 5.26 Å². The Morgan fingerprint density at radius 2 is 1.69 bits per heavy atom. The Bertz CT molecular complexity index is 988. The minimum atomic E-state index is -0.0432. The summed E-state index contributed by atoms with van der Waals surface area (Å²) in [5.74, 6) is -0.0432. The van der Waals surface area contributed by atoms with E-state index in [1.54, 1.807) is 11.3 Å². The van der Waals surface area contributed by atoms with Crippen molar-refractivity contribution in [2.45, 2.75) is 45.1 Å². The third-order valence-electron chi connectivity index (χ3n) is 6.31. The molecule has 0 atom stereocenters. The monoisotopic (exact) mass is 490 g/mol. The van der Waals surface area contributed by atoms with Crippen LogP contribution < -0.4 is 5.32 Å². The van der Waals surface area contributed by atoms with Gasteiger partial charge < -0.3 is 5.32 Å². The van der Waals surface area contributed by atoms with Crippen molar-refractivity contribution in [3.63, 3.8) is 0 Å². The number of hydrogen-bond acceptors (Lipinski definition) is 5. The fourth-order valence-electron chi connectivity index (χ4n) is 4.51. The molecule has 1 saturated heterocycles. The Kier molecular flexibility index (Phi) is 8.09. The van der Waals surface area contributed by atoms with Crippen LogP contribution in [0.15, 0.2) is 18.2 Å². The smallest absolute Gasteiger partial charge is 0.239 e. The van der Waals surface area contributed by atoms with Gasteiger partial charge in [0.05, 0.1) is 12.1 Å². The standard InChI is InChI=1S/C24H28Cl2N4OS/c25-20-7-5-8-21(26)19(20)15-29-10-12-30(13-11-29)16-23(31)28-24-18(14-27)17-6-3-1-2-4-9-22(17)32-24/h5,7-8H,1-4,6,9-13,15-16H2,(H,28,31). The van der Waals surface area contributed by atoms with E-state index in [2.05, 4.69) is 21.2 Å². The molecule has 4 rings (SSSR count). The third kappa shape index (κ3) is 5.65. The molecule has 1 aromatic carbocycles. The number of piperazine rings is 1. The van der Waals surface area contributed by atoms with Crippen LogP contribution in [0.1, 0.15) is 47.3 Å². The molecule has 5 nitrogen and oxygen atoms in total. The van der Waals surface area contributed by atoms with Gasteiger partial charge in [0.1, 0.15) is 11.1 Å². The average Bonchev–Trinajstić information content (AvgIpc) is 3.07. The topological polar surface area (TPSA) is 59.4 Å². The van der Waals surface area contributed by atoms with Gasteiger partial charge in [-0.15, -0.1) is 11.3 Å². The molecule has 2 aromatic rings. The minimum Gasteiger partial charge on any atom is -0.315 e. The van der Waals surface area contributed by atoms with E-state index in [0.717, 1.165) is 62.4 Å². The van der Waals surface area contributed by atoms with Gasteiger partial charge in [0.25, 0.3) is 0 Å². The van der Waals surface area contributed by atoms with Crippen molar-refractivity contribution < 1.29 is 4.79 Å². The van der Waals surface area contributed by atoms with Gasteiger partial charge in [0.2, 0.25) is 5.91 Å². The summed E-state index contributed by atoms with van der Waals surface area (Å²) in [6.07, 6.45) is 6.71. The van der Waals surface area contributed by atoms with Crippen molar-refractivity contribution in [3.05, 3.63) is 49.8 Å². The fraction of sp³-hybridized carbons (Fsp3) is 0.500. The first-order chi connectivity index (χ1) is 15.5. The second-order valence-electron chi connectivity index (χ2n) is 8.53. The maximum Gasteiger partial charge on any atom is 0.239 e. The van der Waals surface area contributed by atoms with Gasteiger partial charge in [-0.25, -0.2) is 0 Å². The SMILES string of the molecule is N#Cc1c(NC(=O)CN2CCN(Cc3c(Cl)cccc3Cl)CC2)sc2c1CCCCCC2. The number of nitriles is 1. The Morgan fingerprint density at radius 3 is 2.38 bits per heavy atom. The van der Waals surface area contributed by atoms with Crippen LogP contribution in [-0.4, -0.2) is 48.4 Å². The zero-order valence-electron chi connectivity index (χ0n) is 18.1. The van der Waals surface area contributed by atoms with Gasteiger partial charge in [0, 0.05) is 53.2 Å². The zero-order chi connectivity index (χ0) is 22.5. The van der Waals surface area contributed by atoms with Crippen LogP contribution in [0.3, 0.4) is 0 Å². The molecule has 2 aliphatic rings. The summed E-state index contributed by atoms with van der Waals surface area (Å²) in [5, 5.41) is 14.9. The Hall–Kier alpha value is -1.62. The lowest BCUT2D eigenvalue weighted by Crippen LogP contribution is -2.48. The summed E-state index contributed by atoms with van der Waals surface area (Å²) >= 11 is 14.2.